The number of rotatable bonds is 4. The van der Waals surface area contributed by atoms with Crippen LogP contribution in [0.4, 0.5) is 22.0 Å². The normalized spacial score (nSPS) is 16.7. The molecule has 0 fully saturated rings. The van der Waals surface area contributed by atoms with Gasteiger partial charge in [0, 0.05) is 29.1 Å². The van der Waals surface area contributed by atoms with E-state index in [0.29, 0.717) is 34.1 Å². The summed E-state index contributed by atoms with van der Waals surface area (Å²) in [5.41, 5.74) is -0.0552. The van der Waals surface area contributed by atoms with Crippen LogP contribution in [0.15, 0.2) is 79.1 Å². The molecule has 2 aromatic heterocycles. The number of imidazole rings is 1. The zero-order valence-electron chi connectivity index (χ0n) is 18.6. The molecule has 3 aromatic carbocycles. The van der Waals surface area contributed by atoms with Gasteiger partial charge in [-0.2, -0.15) is 0 Å². The van der Waals surface area contributed by atoms with Crippen LogP contribution in [-0.2, 0) is 5.72 Å². The van der Waals surface area contributed by atoms with E-state index in [2.05, 4.69) is 31.2 Å². The predicted molar refractivity (Wildman–Crippen MR) is 132 cm³/mol. The molecule has 1 amide bonds. The predicted octanol–water partition coefficient (Wildman–Crippen LogP) is 4.07. The van der Waals surface area contributed by atoms with Crippen molar-refractivity contribution in [2.45, 2.75) is 5.72 Å². The first-order valence-corrected chi connectivity index (χ1v) is 11.0. The van der Waals surface area contributed by atoms with E-state index >= 15 is 4.39 Å². The molecule has 1 unspecified atom stereocenters. The number of aliphatic hydroxyl groups is 1. The summed E-state index contributed by atoms with van der Waals surface area (Å²) < 4.78 is 15.4. The fourth-order valence-electron chi connectivity index (χ4n) is 4.49. The number of halogens is 1. The maximum absolute atomic E-state index is 15.4. The number of nitrogens with one attached hydrogen (secondary N) is 2. The number of hydrogen-bond donors (Lipinski definition) is 3. The fraction of sp³-hybridized carbons (Fsp3) is 0.0370. The van der Waals surface area contributed by atoms with Gasteiger partial charge in [0.05, 0.1) is 22.3 Å². The van der Waals surface area contributed by atoms with E-state index < -0.39 is 17.4 Å². The highest BCUT2D eigenvalue weighted by Gasteiger charge is 2.51. The van der Waals surface area contributed by atoms with Crippen molar-refractivity contribution in [3.05, 3.63) is 107 Å². The average molecular weight is 476 g/mol. The zero-order chi connectivity index (χ0) is 24.9. The first-order valence-electron chi connectivity index (χ1n) is 11.0. The molecule has 1 aliphatic heterocycles. The lowest BCUT2D eigenvalue weighted by atomic mass is 9.93. The van der Waals surface area contributed by atoms with Gasteiger partial charge in [-0.15, -0.1) is 6.42 Å². The lowest BCUT2D eigenvalue weighted by Gasteiger charge is -2.35. The van der Waals surface area contributed by atoms with Gasteiger partial charge in [0.15, 0.2) is 11.5 Å². The molecule has 3 N–H and O–H groups in total. The molecule has 0 radical (unpaired) electrons. The van der Waals surface area contributed by atoms with E-state index in [-0.39, 0.29) is 16.8 Å². The van der Waals surface area contributed by atoms with Gasteiger partial charge in [-0.25, -0.2) is 19.3 Å². The highest BCUT2D eigenvalue weighted by Crippen LogP contribution is 2.46. The molecule has 0 saturated heterocycles. The Balaban J connectivity index is 1.51. The Kier molecular flexibility index (Phi) is 4.77. The molecule has 0 spiro atoms. The maximum Gasteiger partial charge on any atom is 0.261 e. The highest BCUT2D eigenvalue weighted by molar-refractivity contribution is 6.12. The van der Waals surface area contributed by atoms with Crippen molar-refractivity contribution in [3.63, 3.8) is 0 Å². The molecule has 8 nitrogen and oxygen atoms in total. The number of terminal acetylenes is 1. The minimum atomic E-state index is -2.01. The Morgan fingerprint density at radius 1 is 1.06 bits per heavy atom. The lowest BCUT2D eigenvalue weighted by Crippen LogP contribution is -2.45. The van der Waals surface area contributed by atoms with Crippen LogP contribution in [-0.4, -0.2) is 30.9 Å². The van der Waals surface area contributed by atoms with Crippen LogP contribution in [0.5, 0.6) is 0 Å². The summed E-state index contributed by atoms with van der Waals surface area (Å²) in [5.74, 6) is 1.72. The van der Waals surface area contributed by atoms with E-state index in [1.807, 2.05) is 0 Å². The van der Waals surface area contributed by atoms with Crippen LogP contribution in [0, 0.1) is 18.2 Å². The van der Waals surface area contributed by atoms with Crippen LogP contribution in [0.25, 0.3) is 11.0 Å². The number of amides is 1. The molecular weight excluding hydrogens is 459 g/mol. The molecule has 1 aliphatic rings. The number of aromatic nitrogens is 4. The number of anilines is 3. The Bertz CT molecular complexity index is 1690. The number of nitrogens with zero attached hydrogens (tertiary/aromatic N) is 4. The Morgan fingerprint density at radius 3 is 2.67 bits per heavy atom. The van der Waals surface area contributed by atoms with Crippen molar-refractivity contribution in [1.82, 2.24) is 19.9 Å². The Morgan fingerprint density at radius 2 is 1.86 bits per heavy atom. The number of carbonyl (C=O) groups is 1. The summed E-state index contributed by atoms with van der Waals surface area (Å²) >= 11 is 0. The number of hydrogen-bond acceptors (Lipinski definition) is 6. The Hall–Kier alpha value is -5.07. The largest absolute Gasteiger partial charge is 0.363 e. The molecule has 0 saturated carbocycles. The minimum absolute atomic E-state index is 0.0137. The van der Waals surface area contributed by atoms with Crippen molar-refractivity contribution >= 4 is 34.5 Å². The SMILES string of the molecule is C#Cc1cccc(N2C(=O)c3ccccc3C2(O)c2ccc3[nH]c(Nc4ncccn4)nc3c2)c1F. The number of carbonyl (C=O) groups excluding carboxylic acids is 1. The van der Waals surface area contributed by atoms with E-state index in [9.17, 15) is 9.90 Å². The van der Waals surface area contributed by atoms with Gasteiger partial charge in [0.1, 0.15) is 0 Å². The minimum Gasteiger partial charge on any atom is -0.363 e. The van der Waals surface area contributed by atoms with E-state index in [0.717, 1.165) is 4.90 Å². The van der Waals surface area contributed by atoms with E-state index in [1.165, 1.54) is 12.1 Å². The zero-order valence-corrected chi connectivity index (χ0v) is 18.6. The first-order chi connectivity index (χ1) is 17.5. The van der Waals surface area contributed by atoms with Gasteiger partial charge in [0.2, 0.25) is 11.9 Å². The third-order valence-electron chi connectivity index (χ3n) is 6.12. The van der Waals surface area contributed by atoms with Gasteiger partial charge in [-0.1, -0.05) is 36.3 Å². The Labute approximate surface area is 204 Å². The number of aromatic amines is 1. The fourth-order valence-corrected chi connectivity index (χ4v) is 4.49. The van der Waals surface area contributed by atoms with Crippen LogP contribution in [0.2, 0.25) is 0 Å². The summed E-state index contributed by atoms with van der Waals surface area (Å²) in [6.07, 6.45) is 8.65. The molecule has 0 aliphatic carbocycles. The summed E-state index contributed by atoms with van der Waals surface area (Å²) in [6.45, 7) is 0. The molecule has 174 valence electrons. The van der Waals surface area contributed by atoms with Crippen LogP contribution >= 0.6 is 0 Å². The summed E-state index contributed by atoms with van der Waals surface area (Å²) in [5, 5.41) is 15.2. The van der Waals surface area contributed by atoms with Crippen LogP contribution < -0.4 is 10.2 Å². The molecule has 6 rings (SSSR count). The van der Waals surface area contributed by atoms with Crippen LogP contribution in [0.1, 0.15) is 27.0 Å². The maximum atomic E-state index is 15.4. The van der Waals surface area contributed by atoms with Gasteiger partial charge in [0.25, 0.3) is 5.91 Å². The molecule has 9 heteroatoms. The molecular formula is C27H17FN6O2. The van der Waals surface area contributed by atoms with Crippen molar-refractivity contribution in [2.24, 2.45) is 0 Å². The molecule has 3 heterocycles. The smallest absolute Gasteiger partial charge is 0.261 e. The highest BCUT2D eigenvalue weighted by atomic mass is 19.1. The second-order valence-corrected chi connectivity index (χ2v) is 8.16. The molecule has 36 heavy (non-hydrogen) atoms. The number of benzene rings is 3. The van der Waals surface area contributed by atoms with Gasteiger partial charge in [-0.3, -0.25) is 15.0 Å². The van der Waals surface area contributed by atoms with Gasteiger partial charge >= 0.3 is 0 Å². The van der Waals surface area contributed by atoms with Crippen molar-refractivity contribution in [3.8, 4) is 12.3 Å². The third kappa shape index (κ3) is 3.13. The van der Waals surface area contributed by atoms with Gasteiger partial charge in [-0.05, 0) is 36.4 Å². The quantitative estimate of drug-likeness (QED) is 0.338. The van der Waals surface area contributed by atoms with Gasteiger partial charge < -0.3 is 10.1 Å². The van der Waals surface area contributed by atoms with Crippen LogP contribution in [0.3, 0.4) is 0 Å². The van der Waals surface area contributed by atoms with Crippen molar-refractivity contribution in [1.29, 1.82) is 0 Å². The molecule has 0 bridgehead atoms. The second-order valence-electron chi connectivity index (χ2n) is 8.16. The summed E-state index contributed by atoms with van der Waals surface area (Å²) in [7, 11) is 0. The summed E-state index contributed by atoms with van der Waals surface area (Å²) in [6, 6.07) is 17.8. The standard InChI is InChI=1S/C27H17FN6O2/c1-2-16-7-5-10-22(23(16)28)34-24(35)18-8-3-4-9-19(18)27(34,36)17-11-12-20-21(15-17)32-26(31-20)33-25-29-13-6-14-30-25/h1,3-15,36H,(H2,29,30,31,32,33). The molecule has 5 aromatic rings. The van der Waals surface area contributed by atoms with E-state index in [1.54, 1.807) is 67.0 Å². The first kappa shape index (κ1) is 21.5. The second kappa shape index (κ2) is 8.01. The summed E-state index contributed by atoms with van der Waals surface area (Å²) in [4.78, 5) is 30.4. The van der Waals surface area contributed by atoms with Crippen molar-refractivity contribution < 1.29 is 14.3 Å². The monoisotopic (exact) mass is 476 g/mol. The van der Waals surface area contributed by atoms with Crippen molar-refractivity contribution in [2.75, 3.05) is 10.2 Å². The topological polar surface area (TPSA) is 107 Å². The molecule has 1 atom stereocenters. The lowest BCUT2D eigenvalue weighted by molar-refractivity contribution is 0.0699. The third-order valence-corrected chi connectivity index (χ3v) is 6.12. The number of fused-ring (bicyclic) bond motifs is 2. The van der Waals surface area contributed by atoms with E-state index in [4.69, 9.17) is 6.42 Å². The number of H-pyrrole nitrogens is 1. The average Bonchev–Trinajstić information content (AvgIpc) is 3.41.